The number of nitrogens with one attached hydrogen (secondary N) is 1. The lowest BCUT2D eigenvalue weighted by Crippen LogP contribution is -2.29. The number of ether oxygens (including phenoxy) is 2. The molecule has 0 spiro atoms. The summed E-state index contributed by atoms with van der Waals surface area (Å²) in [5.74, 6) is 1.72. The summed E-state index contributed by atoms with van der Waals surface area (Å²) < 4.78 is 11.5. The van der Waals surface area contributed by atoms with Gasteiger partial charge in [0.05, 0.1) is 0 Å². The lowest BCUT2D eigenvalue weighted by atomic mass is 10.2. The van der Waals surface area contributed by atoms with Crippen LogP contribution in [0.5, 0.6) is 11.5 Å². The Morgan fingerprint density at radius 2 is 1.48 bits per heavy atom. The Balaban J connectivity index is 1.64. The summed E-state index contributed by atoms with van der Waals surface area (Å²) in [4.78, 5) is 2.15. The fourth-order valence-electron chi connectivity index (χ4n) is 2.04. The van der Waals surface area contributed by atoms with Crippen LogP contribution in [-0.2, 0) is 6.61 Å². The minimum Gasteiger partial charge on any atom is -0.492 e. The normalized spacial score (nSPS) is 10.7. The van der Waals surface area contributed by atoms with Crippen molar-refractivity contribution in [1.82, 2.24) is 10.2 Å². The van der Waals surface area contributed by atoms with E-state index in [4.69, 9.17) is 9.47 Å². The molecule has 0 aliphatic rings. The van der Waals surface area contributed by atoms with Crippen LogP contribution < -0.4 is 14.8 Å². The Kier molecular flexibility index (Phi) is 7.43. The lowest BCUT2D eigenvalue weighted by Gasteiger charge is -2.11. The molecule has 2 aromatic rings. The Labute approximate surface area is 139 Å². The van der Waals surface area contributed by atoms with Crippen molar-refractivity contribution in [2.75, 3.05) is 40.3 Å². The molecule has 2 aromatic carbocycles. The smallest absolute Gasteiger partial charge is 0.120 e. The topological polar surface area (TPSA) is 33.7 Å². The molecule has 0 radical (unpaired) electrons. The third-order valence-electron chi connectivity index (χ3n) is 3.36. The summed E-state index contributed by atoms with van der Waals surface area (Å²) in [6.07, 6.45) is 0. The van der Waals surface area contributed by atoms with Gasteiger partial charge in [-0.2, -0.15) is 0 Å². The van der Waals surface area contributed by atoms with Crippen LogP contribution in [0.3, 0.4) is 0 Å². The van der Waals surface area contributed by atoms with Crippen LogP contribution in [0.1, 0.15) is 5.56 Å². The van der Waals surface area contributed by atoms with E-state index in [0.717, 1.165) is 36.7 Å². The van der Waals surface area contributed by atoms with Crippen LogP contribution in [0.4, 0.5) is 0 Å². The predicted octanol–water partition coefficient (Wildman–Crippen LogP) is 2.80. The largest absolute Gasteiger partial charge is 0.492 e. The van der Waals surface area contributed by atoms with Crippen molar-refractivity contribution in [3.05, 3.63) is 60.2 Å². The van der Waals surface area contributed by atoms with E-state index >= 15 is 0 Å². The quantitative estimate of drug-likeness (QED) is 0.684. The molecule has 0 saturated carbocycles. The molecule has 4 heteroatoms. The highest BCUT2D eigenvalue weighted by molar-refractivity contribution is 5.31. The van der Waals surface area contributed by atoms with E-state index in [9.17, 15) is 0 Å². The zero-order valence-corrected chi connectivity index (χ0v) is 14.0. The first-order chi connectivity index (χ1) is 11.2. The summed E-state index contributed by atoms with van der Waals surface area (Å²) in [7, 11) is 4.14. The van der Waals surface area contributed by atoms with Crippen molar-refractivity contribution < 1.29 is 9.47 Å². The fraction of sp³-hybridized carbons (Fsp3) is 0.368. The van der Waals surface area contributed by atoms with Crippen molar-refractivity contribution >= 4 is 0 Å². The highest BCUT2D eigenvalue weighted by Gasteiger charge is 1.98. The van der Waals surface area contributed by atoms with Crippen molar-refractivity contribution in [3.8, 4) is 11.5 Å². The molecule has 2 rings (SSSR count). The Morgan fingerprint density at radius 3 is 2.13 bits per heavy atom. The van der Waals surface area contributed by atoms with E-state index in [-0.39, 0.29) is 0 Å². The first-order valence-corrected chi connectivity index (χ1v) is 7.99. The van der Waals surface area contributed by atoms with Gasteiger partial charge in [0.15, 0.2) is 0 Å². The van der Waals surface area contributed by atoms with E-state index < -0.39 is 0 Å². The zero-order valence-electron chi connectivity index (χ0n) is 14.0. The van der Waals surface area contributed by atoms with Gasteiger partial charge in [0, 0.05) is 19.6 Å². The molecule has 0 heterocycles. The molecule has 0 aromatic heterocycles. The molecule has 0 bridgehead atoms. The summed E-state index contributed by atoms with van der Waals surface area (Å²) >= 11 is 0. The van der Waals surface area contributed by atoms with E-state index in [0.29, 0.717) is 13.2 Å². The molecule has 23 heavy (non-hydrogen) atoms. The SMILES string of the molecule is CN(C)CCNCCOc1ccc(OCc2ccccc2)cc1. The maximum atomic E-state index is 5.75. The molecule has 4 nitrogen and oxygen atoms in total. The molecule has 0 aliphatic carbocycles. The average Bonchev–Trinajstić information content (AvgIpc) is 2.58. The number of rotatable bonds is 10. The van der Waals surface area contributed by atoms with Gasteiger partial charge in [-0.3, -0.25) is 0 Å². The third kappa shape index (κ3) is 7.17. The van der Waals surface area contributed by atoms with Crippen LogP contribution in [0.25, 0.3) is 0 Å². The minimum atomic E-state index is 0.580. The molecule has 1 N–H and O–H groups in total. The van der Waals surface area contributed by atoms with Gasteiger partial charge in [-0.15, -0.1) is 0 Å². The molecule has 0 aliphatic heterocycles. The first kappa shape index (κ1) is 17.3. The van der Waals surface area contributed by atoms with Crippen LogP contribution in [-0.4, -0.2) is 45.2 Å². The van der Waals surface area contributed by atoms with Crippen LogP contribution in [0.15, 0.2) is 54.6 Å². The molecule has 124 valence electrons. The van der Waals surface area contributed by atoms with Gasteiger partial charge in [0.2, 0.25) is 0 Å². The Hall–Kier alpha value is -2.04. The second-order valence-electron chi connectivity index (χ2n) is 5.65. The number of hydrogen-bond acceptors (Lipinski definition) is 4. The van der Waals surface area contributed by atoms with E-state index in [2.05, 4.69) is 36.4 Å². The summed E-state index contributed by atoms with van der Waals surface area (Å²) in [5, 5.41) is 3.35. The zero-order chi connectivity index (χ0) is 16.3. The maximum absolute atomic E-state index is 5.75. The van der Waals surface area contributed by atoms with E-state index in [1.807, 2.05) is 42.5 Å². The molecular weight excluding hydrogens is 288 g/mol. The molecule has 0 fully saturated rings. The second-order valence-corrected chi connectivity index (χ2v) is 5.65. The van der Waals surface area contributed by atoms with Gasteiger partial charge in [0.1, 0.15) is 24.7 Å². The Bertz CT molecular complexity index is 541. The number of hydrogen-bond donors (Lipinski definition) is 1. The molecule has 0 unspecified atom stereocenters. The van der Waals surface area contributed by atoms with Gasteiger partial charge >= 0.3 is 0 Å². The van der Waals surface area contributed by atoms with Crippen molar-refractivity contribution in [2.24, 2.45) is 0 Å². The van der Waals surface area contributed by atoms with Gasteiger partial charge in [-0.1, -0.05) is 30.3 Å². The minimum absolute atomic E-state index is 0.580. The molecule has 0 saturated heterocycles. The number of likely N-dealkylation sites (N-methyl/N-ethyl adjacent to an activating group) is 1. The summed E-state index contributed by atoms with van der Waals surface area (Å²) in [6, 6.07) is 17.9. The lowest BCUT2D eigenvalue weighted by molar-refractivity contribution is 0.299. The van der Waals surface area contributed by atoms with Gasteiger partial charge in [-0.05, 0) is 43.9 Å². The van der Waals surface area contributed by atoms with Gasteiger partial charge < -0.3 is 19.7 Å². The van der Waals surface area contributed by atoms with E-state index in [1.165, 1.54) is 0 Å². The molecule has 0 amide bonds. The second kappa shape index (κ2) is 9.87. The van der Waals surface area contributed by atoms with Crippen LogP contribution >= 0.6 is 0 Å². The molecule has 0 atom stereocenters. The summed E-state index contributed by atoms with van der Waals surface area (Å²) in [6.45, 7) is 4.10. The van der Waals surface area contributed by atoms with Crippen molar-refractivity contribution in [1.29, 1.82) is 0 Å². The number of nitrogens with zero attached hydrogens (tertiary/aromatic N) is 1. The van der Waals surface area contributed by atoms with Crippen LogP contribution in [0.2, 0.25) is 0 Å². The van der Waals surface area contributed by atoms with Gasteiger partial charge in [-0.25, -0.2) is 0 Å². The average molecular weight is 314 g/mol. The highest BCUT2D eigenvalue weighted by Crippen LogP contribution is 2.18. The monoisotopic (exact) mass is 314 g/mol. The van der Waals surface area contributed by atoms with Crippen molar-refractivity contribution in [3.63, 3.8) is 0 Å². The molecular formula is C19H26N2O2. The summed E-state index contributed by atoms with van der Waals surface area (Å²) in [5.41, 5.74) is 1.16. The standard InChI is InChI=1S/C19H26N2O2/c1-21(2)14-12-20-13-15-22-18-8-10-19(11-9-18)23-16-17-6-4-3-5-7-17/h3-11,20H,12-16H2,1-2H3. The fourth-order valence-corrected chi connectivity index (χ4v) is 2.04. The number of benzene rings is 2. The maximum Gasteiger partial charge on any atom is 0.120 e. The Morgan fingerprint density at radius 1 is 0.826 bits per heavy atom. The third-order valence-corrected chi connectivity index (χ3v) is 3.36. The van der Waals surface area contributed by atoms with E-state index in [1.54, 1.807) is 0 Å². The highest BCUT2D eigenvalue weighted by atomic mass is 16.5. The predicted molar refractivity (Wildman–Crippen MR) is 94.1 cm³/mol. The first-order valence-electron chi connectivity index (χ1n) is 7.99. The van der Waals surface area contributed by atoms with Gasteiger partial charge in [0.25, 0.3) is 0 Å². The van der Waals surface area contributed by atoms with Crippen LogP contribution in [0, 0.1) is 0 Å². The van der Waals surface area contributed by atoms with Crippen molar-refractivity contribution in [2.45, 2.75) is 6.61 Å².